The molecule has 1 nitrogen and oxygen atoms in total. The zero-order valence-corrected chi connectivity index (χ0v) is 11.2. The summed E-state index contributed by atoms with van der Waals surface area (Å²) >= 11 is 0. The number of hydrogen-bond donors (Lipinski definition) is 1. The molecule has 1 aliphatic rings. The summed E-state index contributed by atoms with van der Waals surface area (Å²) in [6.45, 7) is 0. The number of hydrogen-bond acceptors (Lipinski definition) is 1. The average Bonchev–Trinajstić information content (AvgIpc) is 2.43. The number of benzene rings is 2. The number of rotatable bonds is 2. The first-order valence-corrected chi connectivity index (χ1v) is 6.90. The van der Waals surface area contributed by atoms with Gasteiger partial charge in [0.25, 0.3) is 0 Å². The van der Waals surface area contributed by atoms with Gasteiger partial charge in [-0.2, -0.15) is 0 Å². The Morgan fingerprint density at radius 3 is 2.70 bits per heavy atom. The molecule has 0 saturated heterocycles. The molecule has 0 spiro atoms. The molecule has 1 unspecified atom stereocenters. The van der Waals surface area contributed by atoms with E-state index >= 15 is 0 Å². The molecule has 2 aromatic carbocycles. The van der Waals surface area contributed by atoms with Gasteiger partial charge in [-0.3, -0.25) is 0 Å². The van der Waals surface area contributed by atoms with Crippen molar-refractivity contribution < 1.29 is 8.78 Å². The molecule has 2 aromatic rings. The lowest BCUT2D eigenvalue weighted by molar-refractivity contribution is 0.363. The van der Waals surface area contributed by atoms with Crippen molar-refractivity contribution in [1.29, 1.82) is 0 Å². The highest BCUT2D eigenvalue weighted by Crippen LogP contribution is 2.36. The van der Waals surface area contributed by atoms with E-state index in [1.165, 1.54) is 17.7 Å². The maximum absolute atomic E-state index is 13.9. The number of halogens is 2. The Labute approximate surface area is 117 Å². The van der Waals surface area contributed by atoms with Crippen LogP contribution in [0, 0.1) is 11.6 Å². The molecule has 3 heteroatoms. The van der Waals surface area contributed by atoms with Crippen LogP contribution in [0.2, 0.25) is 0 Å². The summed E-state index contributed by atoms with van der Waals surface area (Å²) in [6.07, 6.45) is 3.23. The predicted octanol–water partition coefficient (Wildman–Crippen LogP) is 3.70. The minimum absolute atomic E-state index is 0.399. The van der Waals surface area contributed by atoms with Crippen LogP contribution in [0.25, 0.3) is 0 Å². The normalized spacial score (nSPS) is 21.6. The van der Waals surface area contributed by atoms with Crippen LogP contribution in [-0.4, -0.2) is 0 Å². The zero-order valence-electron chi connectivity index (χ0n) is 11.2. The maximum Gasteiger partial charge on any atom is 0.129 e. The third kappa shape index (κ3) is 2.34. The summed E-state index contributed by atoms with van der Waals surface area (Å²) < 4.78 is 26.8. The van der Waals surface area contributed by atoms with Gasteiger partial charge in [-0.25, -0.2) is 8.78 Å². The Kier molecular flexibility index (Phi) is 3.30. The first-order valence-electron chi connectivity index (χ1n) is 6.90. The van der Waals surface area contributed by atoms with Gasteiger partial charge in [-0.15, -0.1) is 0 Å². The van der Waals surface area contributed by atoms with E-state index in [-0.39, 0.29) is 0 Å². The third-order valence-electron chi connectivity index (χ3n) is 4.14. The molecule has 2 N–H and O–H groups in total. The molecule has 0 amide bonds. The van der Waals surface area contributed by atoms with E-state index in [2.05, 4.69) is 6.07 Å². The Morgan fingerprint density at radius 2 is 1.90 bits per heavy atom. The van der Waals surface area contributed by atoms with E-state index in [9.17, 15) is 8.78 Å². The summed E-state index contributed by atoms with van der Waals surface area (Å²) in [5.41, 5.74) is 8.80. The van der Waals surface area contributed by atoms with Crippen LogP contribution in [-0.2, 0) is 18.4 Å². The monoisotopic (exact) mass is 273 g/mol. The molecule has 1 atom stereocenters. The van der Waals surface area contributed by atoms with E-state index in [0.717, 1.165) is 30.9 Å². The quantitative estimate of drug-likeness (QED) is 0.887. The molecule has 0 aromatic heterocycles. The highest BCUT2D eigenvalue weighted by molar-refractivity contribution is 5.38. The van der Waals surface area contributed by atoms with Crippen LogP contribution < -0.4 is 5.73 Å². The molecule has 0 fully saturated rings. The average molecular weight is 273 g/mol. The summed E-state index contributed by atoms with van der Waals surface area (Å²) in [5, 5.41) is 0. The van der Waals surface area contributed by atoms with Crippen molar-refractivity contribution in [3.05, 3.63) is 70.8 Å². The van der Waals surface area contributed by atoms with Crippen molar-refractivity contribution in [1.82, 2.24) is 0 Å². The summed E-state index contributed by atoms with van der Waals surface area (Å²) in [5.74, 6) is -1.07. The maximum atomic E-state index is 13.9. The summed E-state index contributed by atoms with van der Waals surface area (Å²) in [4.78, 5) is 0. The van der Waals surface area contributed by atoms with Crippen molar-refractivity contribution in [3.8, 4) is 0 Å². The Bertz CT molecular complexity index is 639. The van der Waals surface area contributed by atoms with Gasteiger partial charge < -0.3 is 5.73 Å². The molecular weight excluding hydrogens is 256 g/mol. The number of fused-ring (bicyclic) bond motifs is 1. The second-order valence-corrected chi connectivity index (χ2v) is 5.58. The minimum Gasteiger partial charge on any atom is -0.321 e. The standard InChI is InChI=1S/C17H17F2N/c18-14-8-7-13(16(19)10-14)11-17(20)9-3-5-12-4-1-2-6-15(12)17/h1-2,4,6-8,10H,3,5,9,11,20H2. The number of aryl methyl sites for hydroxylation is 1. The second kappa shape index (κ2) is 4.98. The first-order chi connectivity index (χ1) is 9.58. The van der Waals surface area contributed by atoms with Gasteiger partial charge in [0.1, 0.15) is 11.6 Å². The largest absolute Gasteiger partial charge is 0.321 e. The number of nitrogens with two attached hydrogens (primary N) is 1. The van der Waals surface area contributed by atoms with Gasteiger partial charge in [-0.05, 0) is 48.4 Å². The lowest BCUT2D eigenvalue weighted by atomic mass is 9.74. The van der Waals surface area contributed by atoms with Crippen LogP contribution in [0.3, 0.4) is 0 Å². The predicted molar refractivity (Wildman–Crippen MR) is 75.3 cm³/mol. The first kappa shape index (κ1) is 13.3. The van der Waals surface area contributed by atoms with Crippen molar-refractivity contribution in [2.45, 2.75) is 31.2 Å². The SMILES string of the molecule is NC1(Cc2ccc(F)cc2F)CCCc2ccccc21. The highest BCUT2D eigenvalue weighted by Gasteiger charge is 2.33. The fourth-order valence-corrected chi connectivity index (χ4v) is 3.14. The van der Waals surface area contributed by atoms with Crippen molar-refractivity contribution in [2.75, 3.05) is 0 Å². The molecule has 20 heavy (non-hydrogen) atoms. The fraction of sp³-hybridized carbons (Fsp3) is 0.294. The molecule has 0 radical (unpaired) electrons. The van der Waals surface area contributed by atoms with Crippen molar-refractivity contribution in [3.63, 3.8) is 0 Å². The van der Waals surface area contributed by atoms with Crippen molar-refractivity contribution in [2.24, 2.45) is 5.73 Å². The molecular formula is C17H17F2N. The third-order valence-corrected chi connectivity index (χ3v) is 4.14. The van der Waals surface area contributed by atoms with Crippen LogP contribution in [0.15, 0.2) is 42.5 Å². The van der Waals surface area contributed by atoms with Crippen LogP contribution in [0.5, 0.6) is 0 Å². The molecule has 0 saturated carbocycles. The van der Waals surface area contributed by atoms with Gasteiger partial charge in [0.05, 0.1) is 0 Å². The summed E-state index contributed by atoms with van der Waals surface area (Å²) in [7, 11) is 0. The van der Waals surface area contributed by atoms with Crippen LogP contribution in [0.1, 0.15) is 29.5 Å². The van der Waals surface area contributed by atoms with E-state index in [4.69, 9.17) is 5.73 Å². The highest BCUT2D eigenvalue weighted by atomic mass is 19.1. The molecule has 3 rings (SSSR count). The minimum atomic E-state index is -0.562. The van der Waals surface area contributed by atoms with E-state index in [1.807, 2.05) is 18.2 Å². The van der Waals surface area contributed by atoms with Gasteiger partial charge in [0.15, 0.2) is 0 Å². The zero-order chi connectivity index (χ0) is 14.2. The molecule has 104 valence electrons. The molecule has 0 heterocycles. The summed E-state index contributed by atoms with van der Waals surface area (Å²) in [6, 6.07) is 11.8. The fourth-order valence-electron chi connectivity index (χ4n) is 3.14. The molecule has 1 aliphatic carbocycles. The van der Waals surface area contributed by atoms with E-state index in [1.54, 1.807) is 0 Å². The van der Waals surface area contributed by atoms with E-state index in [0.29, 0.717) is 12.0 Å². The lowest BCUT2D eigenvalue weighted by Crippen LogP contribution is -2.42. The molecule has 0 aliphatic heterocycles. The van der Waals surface area contributed by atoms with Gasteiger partial charge in [-0.1, -0.05) is 30.3 Å². The topological polar surface area (TPSA) is 26.0 Å². The van der Waals surface area contributed by atoms with Gasteiger partial charge in [0, 0.05) is 11.6 Å². The molecule has 0 bridgehead atoms. The Hall–Kier alpha value is -1.74. The van der Waals surface area contributed by atoms with Gasteiger partial charge >= 0.3 is 0 Å². The lowest BCUT2D eigenvalue weighted by Gasteiger charge is -2.36. The van der Waals surface area contributed by atoms with Crippen LogP contribution in [0.4, 0.5) is 8.78 Å². The van der Waals surface area contributed by atoms with Crippen LogP contribution >= 0.6 is 0 Å². The Morgan fingerprint density at radius 1 is 1.10 bits per heavy atom. The second-order valence-electron chi connectivity index (χ2n) is 5.58. The van der Waals surface area contributed by atoms with Gasteiger partial charge in [0.2, 0.25) is 0 Å². The van der Waals surface area contributed by atoms with E-state index < -0.39 is 17.2 Å². The smallest absolute Gasteiger partial charge is 0.129 e. The Balaban J connectivity index is 1.98. The van der Waals surface area contributed by atoms with Crippen molar-refractivity contribution >= 4 is 0 Å².